The van der Waals surface area contributed by atoms with E-state index in [0.717, 1.165) is 0 Å². The van der Waals surface area contributed by atoms with Gasteiger partial charge >= 0.3 is 0 Å². The van der Waals surface area contributed by atoms with Crippen LogP contribution in [0.2, 0.25) is 5.02 Å². The summed E-state index contributed by atoms with van der Waals surface area (Å²) in [6, 6.07) is 6.50. The van der Waals surface area contributed by atoms with Gasteiger partial charge in [-0.1, -0.05) is 11.6 Å². The SMILES string of the molecule is CCOc1cc(C(=O)NC(=S)Nc2ccc(Cl)cn2)cc(OCC)c1OCC. The Kier molecular flexibility index (Phi) is 8.28. The molecule has 9 heteroatoms. The molecule has 0 spiro atoms. The Labute approximate surface area is 174 Å². The van der Waals surface area contributed by atoms with Gasteiger partial charge in [-0.05, 0) is 57.3 Å². The van der Waals surface area contributed by atoms with Gasteiger partial charge in [-0.25, -0.2) is 4.98 Å². The minimum absolute atomic E-state index is 0.102. The van der Waals surface area contributed by atoms with Crippen molar-refractivity contribution in [1.29, 1.82) is 0 Å². The summed E-state index contributed by atoms with van der Waals surface area (Å²) < 4.78 is 16.9. The lowest BCUT2D eigenvalue weighted by Gasteiger charge is -2.17. The molecule has 1 heterocycles. The smallest absolute Gasteiger partial charge is 0.257 e. The highest BCUT2D eigenvalue weighted by atomic mass is 35.5. The number of pyridine rings is 1. The van der Waals surface area contributed by atoms with E-state index in [1.165, 1.54) is 6.20 Å². The number of nitrogens with zero attached hydrogens (tertiary/aromatic N) is 1. The van der Waals surface area contributed by atoms with Crippen LogP contribution in [0, 0.1) is 0 Å². The Morgan fingerprint density at radius 1 is 1.07 bits per heavy atom. The molecule has 28 heavy (non-hydrogen) atoms. The van der Waals surface area contributed by atoms with Crippen molar-refractivity contribution in [1.82, 2.24) is 10.3 Å². The van der Waals surface area contributed by atoms with E-state index in [0.29, 0.717) is 53.5 Å². The number of hydrogen-bond donors (Lipinski definition) is 2. The Bertz CT molecular complexity index is 803. The lowest BCUT2D eigenvalue weighted by molar-refractivity contribution is 0.0976. The number of aromatic nitrogens is 1. The van der Waals surface area contributed by atoms with Crippen molar-refractivity contribution in [3.63, 3.8) is 0 Å². The van der Waals surface area contributed by atoms with E-state index in [4.69, 9.17) is 38.0 Å². The van der Waals surface area contributed by atoms with Crippen molar-refractivity contribution >= 4 is 40.7 Å². The van der Waals surface area contributed by atoms with E-state index in [1.807, 2.05) is 20.8 Å². The van der Waals surface area contributed by atoms with Crippen molar-refractivity contribution in [2.75, 3.05) is 25.1 Å². The van der Waals surface area contributed by atoms with Crippen LogP contribution in [0.1, 0.15) is 31.1 Å². The standard InChI is InChI=1S/C19H22ClN3O4S/c1-4-25-14-9-12(10-15(26-5-2)17(14)27-6-3)18(24)23-19(28)22-16-8-7-13(20)11-21-16/h7-11H,4-6H2,1-3H3,(H2,21,22,23,24,28). The molecular weight excluding hydrogens is 402 g/mol. The van der Waals surface area contributed by atoms with Crippen molar-refractivity contribution in [3.8, 4) is 17.2 Å². The van der Waals surface area contributed by atoms with Crippen LogP contribution in [-0.2, 0) is 0 Å². The Hall–Kier alpha value is -2.58. The average molecular weight is 424 g/mol. The fourth-order valence-electron chi connectivity index (χ4n) is 2.29. The van der Waals surface area contributed by atoms with E-state index < -0.39 is 5.91 Å². The maximum Gasteiger partial charge on any atom is 0.257 e. The molecule has 2 rings (SSSR count). The van der Waals surface area contributed by atoms with E-state index in [9.17, 15) is 4.79 Å². The van der Waals surface area contributed by atoms with Gasteiger partial charge in [-0.2, -0.15) is 0 Å². The first-order chi connectivity index (χ1) is 13.5. The van der Waals surface area contributed by atoms with Gasteiger partial charge in [0, 0.05) is 11.8 Å². The van der Waals surface area contributed by atoms with Crippen LogP contribution in [0.15, 0.2) is 30.5 Å². The van der Waals surface area contributed by atoms with Crippen molar-refractivity contribution in [3.05, 3.63) is 41.0 Å². The second-order valence-electron chi connectivity index (χ2n) is 5.37. The van der Waals surface area contributed by atoms with Crippen LogP contribution in [-0.4, -0.2) is 35.8 Å². The normalized spacial score (nSPS) is 10.1. The van der Waals surface area contributed by atoms with Gasteiger partial charge in [0.2, 0.25) is 5.75 Å². The number of anilines is 1. The molecule has 150 valence electrons. The lowest BCUT2D eigenvalue weighted by atomic mass is 10.1. The molecule has 0 aliphatic rings. The zero-order valence-electron chi connectivity index (χ0n) is 15.9. The molecule has 0 bridgehead atoms. The molecule has 0 saturated heterocycles. The maximum atomic E-state index is 12.6. The third-order valence-corrected chi connectivity index (χ3v) is 3.80. The van der Waals surface area contributed by atoms with Crippen LogP contribution in [0.25, 0.3) is 0 Å². The number of carbonyl (C=O) groups excluding carboxylic acids is 1. The van der Waals surface area contributed by atoms with Gasteiger partial charge in [0.05, 0.1) is 24.8 Å². The van der Waals surface area contributed by atoms with Crippen molar-refractivity contribution < 1.29 is 19.0 Å². The first-order valence-electron chi connectivity index (χ1n) is 8.78. The fraction of sp³-hybridized carbons (Fsp3) is 0.316. The number of ether oxygens (including phenoxy) is 3. The Morgan fingerprint density at radius 3 is 2.18 bits per heavy atom. The molecule has 0 fully saturated rings. The van der Waals surface area contributed by atoms with Gasteiger partial charge in [-0.3, -0.25) is 10.1 Å². The molecule has 1 aromatic carbocycles. The molecule has 7 nitrogen and oxygen atoms in total. The number of thiocarbonyl (C=S) groups is 1. The highest BCUT2D eigenvalue weighted by Gasteiger charge is 2.19. The molecule has 0 atom stereocenters. The number of nitrogens with one attached hydrogen (secondary N) is 2. The number of amides is 1. The predicted molar refractivity (Wildman–Crippen MR) is 113 cm³/mol. The molecule has 0 radical (unpaired) electrons. The van der Waals surface area contributed by atoms with Crippen LogP contribution in [0.5, 0.6) is 17.2 Å². The molecule has 0 saturated carbocycles. The van der Waals surface area contributed by atoms with Crippen molar-refractivity contribution in [2.24, 2.45) is 0 Å². The van der Waals surface area contributed by atoms with Gasteiger partial charge in [0.15, 0.2) is 16.6 Å². The minimum Gasteiger partial charge on any atom is -0.490 e. The second kappa shape index (κ2) is 10.7. The highest BCUT2D eigenvalue weighted by molar-refractivity contribution is 7.80. The number of carbonyl (C=O) groups is 1. The summed E-state index contributed by atoms with van der Waals surface area (Å²) in [5.41, 5.74) is 0.323. The Morgan fingerprint density at radius 2 is 1.68 bits per heavy atom. The average Bonchev–Trinajstić information content (AvgIpc) is 2.66. The largest absolute Gasteiger partial charge is 0.490 e. The molecule has 0 aliphatic heterocycles. The van der Waals surface area contributed by atoms with Crippen LogP contribution in [0.4, 0.5) is 5.82 Å². The van der Waals surface area contributed by atoms with Crippen molar-refractivity contribution in [2.45, 2.75) is 20.8 Å². The van der Waals surface area contributed by atoms with Gasteiger partial charge in [-0.15, -0.1) is 0 Å². The predicted octanol–water partition coefficient (Wildman–Crippen LogP) is 4.06. The zero-order valence-corrected chi connectivity index (χ0v) is 17.4. The molecule has 2 N–H and O–H groups in total. The topological polar surface area (TPSA) is 81.7 Å². The van der Waals surface area contributed by atoms with E-state index in [1.54, 1.807) is 24.3 Å². The maximum absolute atomic E-state index is 12.6. The number of halogens is 1. The Balaban J connectivity index is 2.20. The number of benzene rings is 1. The van der Waals surface area contributed by atoms with Gasteiger partial charge in [0.25, 0.3) is 5.91 Å². The first kappa shape index (κ1) is 21.7. The van der Waals surface area contributed by atoms with E-state index in [-0.39, 0.29) is 5.11 Å². The van der Waals surface area contributed by atoms with Crippen LogP contribution < -0.4 is 24.8 Å². The summed E-state index contributed by atoms with van der Waals surface area (Å²) in [6.07, 6.45) is 1.48. The monoisotopic (exact) mass is 423 g/mol. The molecule has 0 unspecified atom stereocenters. The van der Waals surface area contributed by atoms with E-state index in [2.05, 4.69) is 15.6 Å². The first-order valence-corrected chi connectivity index (χ1v) is 9.57. The molecular formula is C19H22ClN3O4S. The molecule has 1 amide bonds. The van der Waals surface area contributed by atoms with Gasteiger partial charge < -0.3 is 19.5 Å². The second-order valence-corrected chi connectivity index (χ2v) is 6.22. The summed E-state index contributed by atoms with van der Waals surface area (Å²) in [7, 11) is 0. The molecule has 2 aromatic rings. The number of rotatable bonds is 8. The van der Waals surface area contributed by atoms with Crippen LogP contribution in [0.3, 0.4) is 0 Å². The third kappa shape index (κ3) is 5.97. The summed E-state index contributed by atoms with van der Waals surface area (Å²) in [5, 5.41) is 6.03. The fourth-order valence-corrected chi connectivity index (χ4v) is 2.60. The number of hydrogen-bond acceptors (Lipinski definition) is 6. The van der Waals surface area contributed by atoms with Crippen LogP contribution >= 0.6 is 23.8 Å². The quantitative estimate of drug-likeness (QED) is 0.619. The summed E-state index contributed by atoms with van der Waals surface area (Å²) in [5.74, 6) is 1.37. The summed E-state index contributed by atoms with van der Waals surface area (Å²) in [6.45, 7) is 6.83. The lowest BCUT2D eigenvalue weighted by Crippen LogP contribution is -2.34. The van der Waals surface area contributed by atoms with Gasteiger partial charge in [0.1, 0.15) is 5.82 Å². The molecule has 0 aliphatic carbocycles. The summed E-state index contributed by atoms with van der Waals surface area (Å²) in [4.78, 5) is 16.7. The zero-order chi connectivity index (χ0) is 20.5. The van der Waals surface area contributed by atoms with E-state index >= 15 is 0 Å². The minimum atomic E-state index is -0.420. The summed E-state index contributed by atoms with van der Waals surface area (Å²) >= 11 is 11.0. The third-order valence-electron chi connectivity index (χ3n) is 3.37. The molecule has 1 aromatic heterocycles. The highest BCUT2D eigenvalue weighted by Crippen LogP contribution is 2.39.